The number of ether oxygens (including phenoxy) is 1. The van der Waals surface area contributed by atoms with Crippen LogP contribution in [0.3, 0.4) is 0 Å². The van der Waals surface area contributed by atoms with Gasteiger partial charge in [-0.1, -0.05) is 29.5 Å². The summed E-state index contributed by atoms with van der Waals surface area (Å²) in [5.41, 5.74) is 3.12. The van der Waals surface area contributed by atoms with Crippen molar-refractivity contribution in [3.63, 3.8) is 0 Å². The maximum absolute atomic E-state index is 12.4. The number of aryl methyl sites for hydroxylation is 1. The van der Waals surface area contributed by atoms with E-state index in [-0.39, 0.29) is 0 Å². The Balaban J connectivity index is 1.12. The minimum absolute atomic E-state index is 0.299. The van der Waals surface area contributed by atoms with Crippen molar-refractivity contribution in [2.24, 2.45) is 5.92 Å². The molecule has 0 atom stereocenters. The average Bonchev–Trinajstić information content (AvgIpc) is 3.46. The molecule has 1 aliphatic heterocycles. The first-order valence-electron chi connectivity index (χ1n) is 10.9. The zero-order chi connectivity index (χ0) is 21.9. The van der Waals surface area contributed by atoms with E-state index in [0.29, 0.717) is 23.3 Å². The van der Waals surface area contributed by atoms with Crippen molar-refractivity contribution in [3.8, 4) is 10.9 Å². The van der Waals surface area contributed by atoms with Gasteiger partial charge in [-0.25, -0.2) is 4.98 Å². The van der Waals surface area contributed by atoms with E-state index in [9.17, 15) is 4.79 Å². The van der Waals surface area contributed by atoms with Gasteiger partial charge in [0.05, 0.1) is 9.58 Å². The number of Topliss-reactive ketones (excluding diaryl/α,β-unsaturated/α-hetero) is 1. The van der Waals surface area contributed by atoms with E-state index in [1.54, 1.807) is 11.3 Å². The van der Waals surface area contributed by atoms with Crippen LogP contribution >= 0.6 is 22.7 Å². The van der Waals surface area contributed by atoms with E-state index < -0.39 is 0 Å². The summed E-state index contributed by atoms with van der Waals surface area (Å²) >= 11 is 3.06. The van der Waals surface area contributed by atoms with Crippen molar-refractivity contribution in [1.29, 1.82) is 0 Å². The topological polar surface area (TPSA) is 55.3 Å². The van der Waals surface area contributed by atoms with Crippen molar-refractivity contribution in [2.75, 3.05) is 13.1 Å². The Labute approximate surface area is 195 Å². The Kier molecular flexibility index (Phi) is 6.30. The normalized spacial score (nSPS) is 15.3. The molecule has 0 amide bonds. The van der Waals surface area contributed by atoms with Gasteiger partial charge < -0.3 is 4.74 Å². The van der Waals surface area contributed by atoms with E-state index in [1.165, 1.54) is 16.9 Å². The number of hydrogen-bond donors (Lipinski definition) is 0. The zero-order valence-corrected chi connectivity index (χ0v) is 19.6. The second-order valence-corrected chi connectivity index (χ2v) is 10.3. The van der Waals surface area contributed by atoms with Gasteiger partial charge in [-0.3, -0.25) is 9.69 Å². The van der Waals surface area contributed by atoms with E-state index in [2.05, 4.69) is 33.1 Å². The molecule has 164 valence electrons. The van der Waals surface area contributed by atoms with Crippen molar-refractivity contribution in [3.05, 3.63) is 70.0 Å². The maximum atomic E-state index is 12.4. The number of piperidine rings is 1. The number of rotatable bonds is 7. The molecule has 7 heteroatoms. The highest BCUT2D eigenvalue weighted by Crippen LogP contribution is 2.31. The largest absolute Gasteiger partial charge is 0.431 e. The number of pyridine rings is 1. The van der Waals surface area contributed by atoms with Crippen LogP contribution in [0, 0.1) is 12.8 Å². The second-order valence-electron chi connectivity index (χ2n) is 8.38. The molecule has 0 bridgehead atoms. The van der Waals surface area contributed by atoms with Crippen molar-refractivity contribution in [2.45, 2.75) is 32.7 Å². The van der Waals surface area contributed by atoms with Crippen LogP contribution in [0.1, 0.15) is 40.1 Å². The quantitative estimate of drug-likeness (QED) is 0.299. The van der Waals surface area contributed by atoms with Gasteiger partial charge >= 0.3 is 0 Å². The number of likely N-dealkylation sites (tertiary alicyclic amines) is 1. The SMILES string of the molecule is Cc1cnc2nc(Oc3ccc(CN4CCC(CC(=O)c5cccs5)CC4)cc3)sc2c1. The van der Waals surface area contributed by atoms with Crippen LogP contribution in [0.5, 0.6) is 10.9 Å². The average molecular weight is 464 g/mol. The van der Waals surface area contributed by atoms with Crippen molar-refractivity contribution < 1.29 is 9.53 Å². The number of benzene rings is 1. The van der Waals surface area contributed by atoms with Crippen LogP contribution in [-0.2, 0) is 6.54 Å². The predicted octanol–water partition coefficient (Wildman–Crippen LogP) is 6.34. The Morgan fingerprint density at radius 3 is 2.75 bits per heavy atom. The first-order valence-corrected chi connectivity index (χ1v) is 12.6. The molecule has 0 aliphatic carbocycles. The lowest BCUT2D eigenvalue weighted by Crippen LogP contribution is -2.33. The summed E-state index contributed by atoms with van der Waals surface area (Å²) in [6.07, 6.45) is 4.68. The van der Waals surface area contributed by atoms with Gasteiger partial charge in [-0.05, 0) is 79.5 Å². The first-order chi connectivity index (χ1) is 15.6. The molecule has 1 saturated heterocycles. The molecule has 3 aromatic heterocycles. The lowest BCUT2D eigenvalue weighted by atomic mass is 9.91. The standard InChI is InChI=1S/C25H25N3O2S2/c1-17-13-23-24(26-15-17)27-25(32-23)30-20-6-4-19(5-7-20)16-28-10-8-18(9-11-28)14-21(29)22-3-2-12-31-22/h2-7,12-13,15,18H,8-11,14,16H2,1H3. The molecule has 0 N–H and O–H groups in total. The van der Waals surface area contributed by atoms with Crippen LogP contribution < -0.4 is 4.74 Å². The monoisotopic (exact) mass is 463 g/mol. The molecule has 0 radical (unpaired) electrons. The number of aromatic nitrogens is 2. The van der Waals surface area contributed by atoms with E-state index >= 15 is 0 Å². The fourth-order valence-corrected chi connectivity index (χ4v) is 5.68. The number of nitrogens with zero attached hydrogens (tertiary/aromatic N) is 3. The number of thiazole rings is 1. The third-order valence-electron chi connectivity index (χ3n) is 5.88. The van der Waals surface area contributed by atoms with E-state index in [4.69, 9.17) is 4.74 Å². The Bertz CT molecular complexity index is 1190. The lowest BCUT2D eigenvalue weighted by Gasteiger charge is -2.31. The molecule has 0 unspecified atom stereocenters. The summed E-state index contributed by atoms with van der Waals surface area (Å²) < 4.78 is 6.99. The van der Waals surface area contributed by atoms with Gasteiger partial charge in [0.25, 0.3) is 5.19 Å². The summed E-state index contributed by atoms with van der Waals surface area (Å²) in [5.74, 6) is 1.59. The first kappa shape index (κ1) is 21.2. The molecule has 0 spiro atoms. The number of thiophene rings is 1. The minimum atomic E-state index is 0.299. The number of hydrogen-bond acceptors (Lipinski definition) is 7. The molecule has 5 nitrogen and oxygen atoms in total. The smallest absolute Gasteiger partial charge is 0.281 e. The van der Waals surface area contributed by atoms with Crippen LogP contribution in [0.15, 0.2) is 54.0 Å². The molecule has 4 aromatic rings. The highest BCUT2D eigenvalue weighted by molar-refractivity contribution is 7.20. The maximum Gasteiger partial charge on any atom is 0.281 e. The zero-order valence-electron chi connectivity index (χ0n) is 18.0. The summed E-state index contributed by atoms with van der Waals surface area (Å²) in [4.78, 5) is 24.5. The lowest BCUT2D eigenvalue weighted by molar-refractivity contribution is 0.0929. The Morgan fingerprint density at radius 1 is 1.19 bits per heavy atom. The van der Waals surface area contributed by atoms with Gasteiger partial charge in [0, 0.05) is 19.2 Å². The van der Waals surface area contributed by atoms with Crippen LogP contribution in [-0.4, -0.2) is 33.7 Å². The van der Waals surface area contributed by atoms with Gasteiger partial charge in [0.15, 0.2) is 11.4 Å². The molecule has 1 aromatic carbocycles. The van der Waals surface area contributed by atoms with Gasteiger partial charge in [-0.2, -0.15) is 4.98 Å². The minimum Gasteiger partial charge on any atom is -0.431 e. The fraction of sp³-hybridized carbons (Fsp3) is 0.320. The van der Waals surface area contributed by atoms with Crippen LogP contribution in [0.25, 0.3) is 10.3 Å². The summed E-state index contributed by atoms with van der Waals surface area (Å²) in [5, 5.41) is 2.59. The van der Waals surface area contributed by atoms with Crippen molar-refractivity contribution in [1.82, 2.24) is 14.9 Å². The van der Waals surface area contributed by atoms with Gasteiger partial charge in [0.1, 0.15) is 5.75 Å². The number of ketones is 1. The highest BCUT2D eigenvalue weighted by Gasteiger charge is 2.22. The molecular weight excluding hydrogens is 438 g/mol. The van der Waals surface area contributed by atoms with Crippen LogP contribution in [0.4, 0.5) is 0 Å². The Morgan fingerprint density at radius 2 is 2.00 bits per heavy atom. The third-order valence-corrected chi connectivity index (χ3v) is 7.66. The molecular formula is C25H25N3O2S2. The van der Waals surface area contributed by atoms with Crippen LogP contribution in [0.2, 0.25) is 0 Å². The van der Waals surface area contributed by atoms with Gasteiger partial charge in [-0.15, -0.1) is 11.3 Å². The second kappa shape index (κ2) is 9.48. The summed E-state index contributed by atoms with van der Waals surface area (Å²) in [6.45, 7) is 5.03. The Hall–Kier alpha value is -2.61. The molecule has 32 heavy (non-hydrogen) atoms. The number of carbonyl (C=O) groups excluding carboxylic acids is 1. The molecule has 5 rings (SSSR count). The molecule has 1 fully saturated rings. The number of carbonyl (C=O) groups is 1. The van der Waals surface area contributed by atoms with E-state index in [1.807, 2.05) is 42.8 Å². The molecule has 1 aliphatic rings. The molecule has 0 saturated carbocycles. The number of fused-ring (bicyclic) bond motifs is 1. The fourth-order valence-electron chi connectivity index (χ4n) is 4.11. The summed E-state index contributed by atoms with van der Waals surface area (Å²) in [6, 6.07) is 14.2. The van der Waals surface area contributed by atoms with E-state index in [0.717, 1.165) is 59.0 Å². The van der Waals surface area contributed by atoms with Crippen molar-refractivity contribution >= 4 is 38.8 Å². The third kappa shape index (κ3) is 5.06. The summed E-state index contributed by atoms with van der Waals surface area (Å²) in [7, 11) is 0. The highest BCUT2D eigenvalue weighted by atomic mass is 32.1. The molecule has 4 heterocycles. The predicted molar refractivity (Wildman–Crippen MR) is 130 cm³/mol. The van der Waals surface area contributed by atoms with Gasteiger partial charge in [0.2, 0.25) is 0 Å².